The van der Waals surface area contributed by atoms with Gasteiger partial charge in [-0.2, -0.15) is 0 Å². The summed E-state index contributed by atoms with van der Waals surface area (Å²) in [5.41, 5.74) is 0. The molecule has 1 heterocycles. The number of ether oxygens (including phenoxy) is 1. The Kier molecular flexibility index (Phi) is 5.97. The van der Waals surface area contributed by atoms with Crippen molar-refractivity contribution < 1.29 is 17.9 Å². The zero-order valence-electron chi connectivity index (χ0n) is 13.7. The van der Waals surface area contributed by atoms with Crippen molar-refractivity contribution in [3.05, 3.63) is 24.3 Å². The highest BCUT2D eigenvalue weighted by molar-refractivity contribution is 8.00. The number of nitrogens with zero attached hydrogens (tertiary/aromatic N) is 1. The molecule has 0 N–H and O–H groups in total. The van der Waals surface area contributed by atoms with E-state index < -0.39 is 9.84 Å². The molecule has 1 aromatic carbocycles. The van der Waals surface area contributed by atoms with Crippen LogP contribution in [0.4, 0.5) is 0 Å². The van der Waals surface area contributed by atoms with Crippen LogP contribution in [0.15, 0.2) is 29.2 Å². The first-order chi connectivity index (χ1) is 10.9. The van der Waals surface area contributed by atoms with Crippen molar-refractivity contribution in [3.8, 4) is 5.75 Å². The minimum absolute atomic E-state index is 0.00424. The van der Waals surface area contributed by atoms with E-state index >= 15 is 0 Å². The van der Waals surface area contributed by atoms with Gasteiger partial charge in [-0.05, 0) is 44.5 Å². The molecule has 0 bridgehead atoms. The number of rotatable bonds is 6. The Labute approximate surface area is 142 Å². The van der Waals surface area contributed by atoms with Gasteiger partial charge < -0.3 is 9.64 Å². The Morgan fingerprint density at radius 2 is 2.04 bits per heavy atom. The molecular weight excluding hydrogens is 334 g/mol. The molecule has 0 aliphatic carbocycles. The van der Waals surface area contributed by atoms with E-state index in [-0.39, 0.29) is 28.7 Å². The molecule has 0 aromatic heterocycles. The van der Waals surface area contributed by atoms with E-state index in [4.69, 9.17) is 4.74 Å². The van der Waals surface area contributed by atoms with E-state index in [1.54, 1.807) is 12.0 Å². The van der Waals surface area contributed by atoms with Crippen LogP contribution in [0.5, 0.6) is 5.75 Å². The summed E-state index contributed by atoms with van der Waals surface area (Å²) in [7, 11) is -1.38. The Morgan fingerprint density at radius 1 is 1.39 bits per heavy atom. The fraction of sp³-hybridized carbons (Fsp3) is 0.562. The summed E-state index contributed by atoms with van der Waals surface area (Å²) < 4.78 is 28.4. The first-order valence-corrected chi connectivity index (χ1v) is 10.4. The maximum atomic E-state index is 12.7. The summed E-state index contributed by atoms with van der Waals surface area (Å²) in [6.45, 7) is 4.30. The van der Waals surface area contributed by atoms with Crippen molar-refractivity contribution >= 4 is 27.5 Å². The highest BCUT2D eigenvalue weighted by Gasteiger charge is 2.35. The lowest BCUT2D eigenvalue weighted by Gasteiger charge is -2.29. The van der Waals surface area contributed by atoms with Gasteiger partial charge in [-0.15, -0.1) is 11.8 Å². The molecule has 0 spiro atoms. The third-order valence-electron chi connectivity index (χ3n) is 3.99. The maximum Gasteiger partial charge on any atom is 0.236 e. The van der Waals surface area contributed by atoms with Gasteiger partial charge in [-0.3, -0.25) is 4.79 Å². The van der Waals surface area contributed by atoms with Crippen LogP contribution in [0.1, 0.15) is 20.3 Å². The summed E-state index contributed by atoms with van der Waals surface area (Å²) in [4.78, 5) is 15.4. The molecule has 1 saturated heterocycles. The summed E-state index contributed by atoms with van der Waals surface area (Å²) in [6, 6.07) is 7.38. The van der Waals surface area contributed by atoms with Crippen molar-refractivity contribution in [1.82, 2.24) is 4.90 Å². The fourth-order valence-corrected chi connectivity index (χ4v) is 5.43. The third kappa shape index (κ3) is 4.64. The molecule has 0 unspecified atom stereocenters. The smallest absolute Gasteiger partial charge is 0.236 e. The topological polar surface area (TPSA) is 63.7 Å². The number of hydrogen-bond donors (Lipinski definition) is 0. The van der Waals surface area contributed by atoms with Gasteiger partial charge in [-0.25, -0.2) is 8.42 Å². The van der Waals surface area contributed by atoms with E-state index in [2.05, 4.69) is 0 Å². The molecule has 2 atom stereocenters. The lowest BCUT2D eigenvalue weighted by molar-refractivity contribution is -0.131. The number of carbonyl (C=O) groups is 1. The predicted molar refractivity (Wildman–Crippen MR) is 92.8 cm³/mol. The van der Waals surface area contributed by atoms with Crippen molar-refractivity contribution in [2.75, 3.05) is 25.2 Å². The summed E-state index contributed by atoms with van der Waals surface area (Å²) in [6.07, 6.45) is 0.543. The van der Waals surface area contributed by atoms with Gasteiger partial charge in [0.1, 0.15) is 5.75 Å². The molecule has 1 aliphatic heterocycles. The lowest BCUT2D eigenvalue weighted by atomic mass is 10.2. The van der Waals surface area contributed by atoms with Crippen molar-refractivity contribution in [2.45, 2.75) is 36.5 Å². The zero-order chi connectivity index (χ0) is 17.0. The average molecular weight is 357 g/mol. The molecular formula is C16H23NO4S2. The first kappa shape index (κ1) is 18.1. The van der Waals surface area contributed by atoms with Crippen LogP contribution >= 0.6 is 11.8 Å². The highest BCUT2D eigenvalue weighted by atomic mass is 32.2. The van der Waals surface area contributed by atoms with Crippen LogP contribution in [0.3, 0.4) is 0 Å². The maximum absolute atomic E-state index is 12.7. The molecule has 1 aliphatic rings. The molecule has 1 amide bonds. The van der Waals surface area contributed by atoms with Crippen molar-refractivity contribution in [1.29, 1.82) is 0 Å². The van der Waals surface area contributed by atoms with Gasteiger partial charge in [0.25, 0.3) is 0 Å². The van der Waals surface area contributed by atoms with Crippen LogP contribution in [0.2, 0.25) is 0 Å². The van der Waals surface area contributed by atoms with Gasteiger partial charge >= 0.3 is 0 Å². The van der Waals surface area contributed by atoms with Crippen LogP contribution in [-0.2, 0) is 14.6 Å². The second-order valence-corrected chi connectivity index (χ2v) is 9.26. The minimum Gasteiger partial charge on any atom is -0.497 e. The number of hydrogen-bond acceptors (Lipinski definition) is 5. The van der Waals surface area contributed by atoms with E-state index in [9.17, 15) is 13.2 Å². The number of amides is 1. The van der Waals surface area contributed by atoms with E-state index in [0.717, 1.165) is 10.6 Å². The zero-order valence-corrected chi connectivity index (χ0v) is 15.3. The highest BCUT2D eigenvalue weighted by Crippen LogP contribution is 2.28. The Bertz CT molecular complexity index is 643. The first-order valence-electron chi connectivity index (χ1n) is 7.68. The molecule has 7 heteroatoms. The number of benzene rings is 1. The van der Waals surface area contributed by atoms with Gasteiger partial charge in [0.2, 0.25) is 5.91 Å². The predicted octanol–water partition coefficient (Wildman–Crippen LogP) is 2.21. The molecule has 1 aromatic rings. The van der Waals surface area contributed by atoms with Crippen LogP contribution in [0, 0.1) is 0 Å². The summed E-state index contributed by atoms with van der Waals surface area (Å²) in [5, 5.41) is -0.258. The van der Waals surface area contributed by atoms with Crippen molar-refractivity contribution in [3.63, 3.8) is 0 Å². The SMILES string of the molecule is CCN(C(=O)[C@@H](C)Sc1ccc(OC)cc1)[C@@H]1CCS(=O)(=O)C1. The quantitative estimate of drug-likeness (QED) is 0.731. The number of thioether (sulfide) groups is 1. The number of sulfone groups is 1. The number of methoxy groups -OCH3 is 1. The van der Waals surface area contributed by atoms with Gasteiger partial charge in [0, 0.05) is 17.5 Å². The number of carbonyl (C=O) groups excluding carboxylic acids is 1. The summed E-state index contributed by atoms with van der Waals surface area (Å²) in [5.74, 6) is 1.05. The summed E-state index contributed by atoms with van der Waals surface area (Å²) >= 11 is 1.48. The molecule has 0 saturated carbocycles. The van der Waals surface area contributed by atoms with Crippen LogP contribution in [-0.4, -0.2) is 55.7 Å². The standard InChI is InChI=1S/C16H23NO4S2/c1-4-17(13-9-10-23(19,20)11-13)16(18)12(2)22-15-7-5-14(21-3)6-8-15/h5-8,12-13H,4,9-11H2,1-3H3/t12-,13-/m1/s1. The molecule has 128 valence electrons. The minimum atomic E-state index is -2.99. The average Bonchev–Trinajstić information content (AvgIpc) is 2.88. The largest absolute Gasteiger partial charge is 0.497 e. The Hall–Kier alpha value is -1.21. The molecule has 2 rings (SSSR count). The second kappa shape index (κ2) is 7.57. The van der Waals surface area contributed by atoms with Gasteiger partial charge in [-0.1, -0.05) is 0 Å². The lowest BCUT2D eigenvalue weighted by Crippen LogP contribution is -2.44. The van der Waals surface area contributed by atoms with Crippen LogP contribution < -0.4 is 4.74 Å². The normalized spacial score (nSPS) is 20.9. The Balaban J connectivity index is 2.01. The van der Waals surface area contributed by atoms with E-state index in [0.29, 0.717) is 13.0 Å². The van der Waals surface area contributed by atoms with Gasteiger partial charge in [0.05, 0.1) is 23.9 Å². The fourth-order valence-electron chi connectivity index (χ4n) is 2.76. The third-order valence-corrected chi connectivity index (χ3v) is 6.84. The monoisotopic (exact) mass is 357 g/mol. The Morgan fingerprint density at radius 3 is 2.52 bits per heavy atom. The van der Waals surface area contributed by atoms with Crippen molar-refractivity contribution in [2.24, 2.45) is 0 Å². The van der Waals surface area contributed by atoms with E-state index in [1.165, 1.54) is 11.8 Å². The molecule has 5 nitrogen and oxygen atoms in total. The molecule has 1 fully saturated rings. The second-order valence-electron chi connectivity index (χ2n) is 5.62. The van der Waals surface area contributed by atoms with E-state index in [1.807, 2.05) is 38.1 Å². The molecule has 0 radical (unpaired) electrons. The molecule has 23 heavy (non-hydrogen) atoms. The van der Waals surface area contributed by atoms with Gasteiger partial charge in [0.15, 0.2) is 9.84 Å². The van der Waals surface area contributed by atoms with Crippen LogP contribution in [0.25, 0.3) is 0 Å².